The Bertz CT molecular complexity index is 589. The van der Waals surface area contributed by atoms with Crippen LogP contribution in [0.1, 0.15) is 0 Å². The molecule has 1 aromatic heterocycles. The highest BCUT2D eigenvalue weighted by molar-refractivity contribution is 5.63. The Morgan fingerprint density at radius 3 is 2.63 bits per heavy atom. The maximum Gasteiger partial charge on any atom is 0.225 e. The maximum atomic E-state index is 8.63. The molecular formula is C14H14N4O. The lowest BCUT2D eigenvalue weighted by Crippen LogP contribution is -2.19. The first-order chi connectivity index (χ1) is 9.24. The number of hydrogen-bond acceptors (Lipinski definition) is 5. The first-order valence-electron chi connectivity index (χ1n) is 5.79. The van der Waals surface area contributed by atoms with Crippen molar-refractivity contribution in [2.24, 2.45) is 0 Å². The number of ether oxygens (including phenoxy) is 1. The smallest absolute Gasteiger partial charge is 0.225 e. The van der Waals surface area contributed by atoms with Gasteiger partial charge in [-0.1, -0.05) is 12.1 Å². The first kappa shape index (κ1) is 12.8. The Labute approximate surface area is 112 Å². The molecule has 0 N–H and O–H groups in total. The lowest BCUT2D eigenvalue weighted by atomic mass is 10.1. The fourth-order valence-electron chi connectivity index (χ4n) is 1.65. The molecule has 2 rings (SSSR count). The zero-order chi connectivity index (χ0) is 13.7. The van der Waals surface area contributed by atoms with E-state index in [9.17, 15) is 0 Å². The summed E-state index contributed by atoms with van der Waals surface area (Å²) in [7, 11) is 3.42. The molecule has 0 radical (unpaired) electrons. The lowest BCUT2D eigenvalue weighted by molar-refractivity contribution is 0.415. The molecule has 1 heterocycles. The molecule has 5 nitrogen and oxygen atoms in total. The molecule has 0 unspecified atom stereocenters. The van der Waals surface area contributed by atoms with Crippen molar-refractivity contribution in [3.63, 3.8) is 0 Å². The molecule has 1 aromatic carbocycles. The third kappa shape index (κ3) is 2.99. The van der Waals surface area contributed by atoms with Crippen LogP contribution in [0.25, 0.3) is 11.1 Å². The molecule has 2 aromatic rings. The van der Waals surface area contributed by atoms with Crippen molar-refractivity contribution in [2.75, 3.05) is 25.6 Å². The molecule has 96 valence electrons. The van der Waals surface area contributed by atoms with E-state index in [1.54, 1.807) is 31.5 Å². The standard InChI is InChI=1S/C14H14N4O/c1-18(7-6-15)14-16-9-12(10-17-14)11-4-3-5-13(8-11)19-2/h3-5,8-10H,7H2,1-2H3. The number of benzene rings is 1. The van der Waals surface area contributed by atoms with Gasteiger partial charge in [-0.25, -0.2) is 9.97 Å². The van der Waals surface area contributed by atoms with Gasteiger partial charge in [0.25, 0.3) is 0 Å². The van der Waals surface area contributed by atoms with Gasteiger partial charge >= 0.3 is 0 Å². The summed E-state index contributed by atoms with van der Waals surface area (Å²) in [4.78, 5) is 10.2. The highest BCUT2D eigenvalue weighted by atomic mass is 16.5. The Balaban J connectivity index is 2.25. The Kier molecular flexibility index (Phi) is 3.94. The van der Waals surface area contributed by atoms with E-state index in [-0.39, 0.29) is 6.54 Å². The van der Waals surface area contributed by atoms with Crippen LogP contribution in [0.2, 0.25) is 0 Å². The second kappa shape index (κ2) is 5.83. The van der Waals surface area contributed by atoms with Crippen LogP contribution in [0.3, 0.4) is 0 Å². The monoisotopic (exact) mass is 254 g/mol. The first-order valence-corrected chi connectivity index (χ1v) is 5.79. The normalized spacial score (nSPS) is 9.74. The SMILES string of the molecule is COc1cccc(-c2cnc(N(C)CC#N)nc2)c1. The number of hydrogen-bond donors (Lipinski definition) is 0. The third-order valence-electron chi connectivity index (χ3n) is 2.69. The summed E-state index contributed by atoms with van der Waals surface area (Å²) in [6, 6.07) is 9.77. The van der Waals surface area contributed by atoms with E-state index in [1.807, 2.05) is 24.3 Å². The second-order valence-electron chi connectivity index (χ2n) is 4.02. The second-order valence-corrected chi connectivity index (χ2v) is 4.02. The van der Waals surface area contributed by atoms with Crippen molar-refractivity contribution >= 4 is 5.95 Å². The van der Waals surface area contributed by atoms with Crippen molar-refractivity contribution in [2.45, 2.75) is 0 Å². The van der Waals surface area contributed by atoms with Crippen molar-refractivity contribution in [3.8, 4) is 22.9 Å². The van der Waals surface area contributed by atoms with Crippen LogP contribution in [0, 0.1) is 11.3 Å². The summed E-state index contributed by atoms with van der Waals surface area (Å²) in [6.07, 6.45) is 3.48. The van der Waals surface area contributed by atoms with Gasteiger partial charge in [0, 0.05) is 25.0 Å². The molecule has 0 aliphatic carbocycles. The lowest BCUT2D eigenvalue weighted by Gasteiger charge is -2.12. The quantitative estimate of drug-likeness (QED) is 0.782. The van der Waals surface area contributed by atoms with Crippen LogP contribution in [0.5, 0.6) is 5.75 Å². The Morgan fingerprint density at radius 1 is 1.26 bits per heavy atom. The van der Waals surface area contributed by atoms with Gasteiger partial charge in [-0.3, -0.25) is 0 Å². The fourth-order valence-corrected chi connectivity index (χ4v) is 1.65. The van der Waals surface area contributed by atoms with Gasteiger partial charge in [0.15, 0.2) is 0 Å². The topological polar surface area (TPSA) is 62.0 Å². The summed E-state index contributed by atoms with van der Waals surface area (Å²) >= 11 is 0. The molecule has 0 aliphatic rings. The van der Waals surface area contributed by atoms with Gasteiger partial charge in [0.2, 0.25) is 5.95 Å². The van der Waals surface area contributed by atoms with Gasteiger partial charge in [-0.2, -0.15) is 5.26 Å². The fraction of sp³-hybridized carbons (Fsp3) is 0.214. The summed E-state index contributed by atoms with van der Waals surface area (Å²) in [5.74, 6) is 1.33. The molecular weight excluding hydrogens is 240 g/mol. The molecule has 0 saturated heterocycles. The highest BCUT2D eigenvalue weighted by Gasteiger charge is 2.05. The van der Waals surface area contributed by atoms with Gasteiger partial charge in [-0.15, -0.1) is 0 Å². The van der Waals surface area contributed by atoms with Crippen LogP contribution in [-0.2, 0) is 0 Å². The predicted octanol–water partition coefficient (Wildman–Crippen LogP) is 2.11. The van der Waals surface area contributed by atoms with Gasteiger partial charge < -0.3 is 9.64 Å². The van der Waals surface area contributed by atoms with Gasteiger partial charge in [-0.05, 0) is 17.7 Å². The maximum absolute atomic E-state index is 8.63. The van der Waals surface area contributed by atoms with E-state index in [0.717, 1.165) is 16.9 Å². The summed E-state index contributed by atoms with van der Waals surface area (Å²) in [5, 5.41) is 8.63. The average Bonchev–Trinajstić information content (AvgIpc) is 2.48. The van der Waals surface area contributed by atoms with Crippen LogP contribution < -0.4 is 9.64 Å². The molecule has 0 atom stereocenters. The third-order valence-corrected chi connectivity index (χ3v) is 2.69. The van der Waals surface area contributed by atoms with E-state index in [2.05, 4.69) is 16.0 Å². The Morgan fingerprint density at radius 2 is 2.00 bits per heavy atom. The van der Waals surface area contributed by atoms with Crippen molar-refractivity contribution in [3.05, 3.63) is 36.7 Å². The van der Waals surface area contributed by atoms with Crippen molar-refractivity contribution < 1.29 is 4.74 Å². The summed E-state index contributed by atoms with van der Waals surface area (Å²) in [5.41, 5.74) is 1.90. The van der Waals surface area contributed by atoms with E-state index in [0.29, 0.717) is 5.95 Å². The minimum absolute atomic E-state index is 0.262. The van der Waals surface area contributed by atoms with E-state index in [1.165, 1.54) is 0 Å². The molecule has 0 amide bonds. The predicted molar refractivity (Wildman–Crippen MR) is 72.9 cm³/mol. The van der Waals surface area contributed by atoms with Crippen LogP contribution >= 0.6 is 0 Å². The van der Waals surface area contributed by atoms with Gasteiger partial charge in [0.05, 0.1) is 13.2 Å². The largest absolute Gasteiger partial charge is 0.497 e. The zero-order valence-electron chi connectivity index (χ0n) is 10.9. The molecule has 0 fully saturated rings. The molecule has 0 aliphatic heterocycles. The van der Waals surface area contributed by atoms with Crippen LogP contribution in [-0.4, -0.2) is 30.7 Å². The number of rotatable bonds is 4. The number of nitriles is 1. The number of methoxy groups -OCH3 is 1. The molecule has 5 heteroatoms. The molecule has 0 bridgehead atoms. The minimum Gasteiger partial charge on any atom is -0.497 e. The van der Waals surface area contributed by atoms with Crippen LogP contribution in [0.15, 0.2) is 36.7 Å². The Hall–Kier alpha value is -2.61. The van der Waals surface area contributed by atoms with Crippen molar-refractivity contribution in [1.82, 2.24) is 9.97 Å². The van der Waals surface area contributed by atoms with E-state index in [4.69, 9.17) is 10.00 Å². The summed E-state index contributed by atoms with van der Waals surface area (Å²) < 4.78 is 5.19. The van der Waals surface area contributed by atoms with E-state index >= 15 is 0 Å². The van der Waals surface area contributed by atoms with Crippen LogP contribution in [0.4, 0.5) is 5.95 Å². The number of aromatic nitrogens is 2. The summed E-state index contributed by atoms with van der Waals surface area (Å²) in [6.45, 7) is 0.262. The highest BCUT2D eigenvalue weighted by Crippen LogP contribution is 2.23. The molecule has 0 saturated carbocycles. The zero-order valence-corrected chi connectivity index (χ0v) is 10.9. The van der Waals surface area contributed by atoms with E-state index < -0.39 is 0 Å². The van der Waals surface area contributed by atoms with Gasteiger partial charge in [0.1, 0.15) is 12.3 Å². The molecule has 19 heavy (non-hydrogen) atoms. The molecule has 0 spiro atoms. The minimum atomic E-state index is 0.262. The van der Waals surface area contributed by atoms with Crippen molar-refractivity contribution in [1.29, 1.82) is 5.26 Å². The number of nitrogens with zero attached hydrogens (tertiary/aromatic N) is 4. The average molecular weight is 254 g/mol. The number of anilines is 1.